The van der Waals surface area contributed by atoms with Gasteiger partial charge in [-0.05, 0) is 40.3 Å². The van der Waals surface area contributed by atoms with Crippen molar-refractivity contribution < 1.29 is 14.6 Å². The summed E-state index contributed by atoms with van der Waals surface area (Å²) in [7, 11) is -2.81. The van der Waals surface area contributed by atoms with E-state index in [1.165, 1.54) is 0 Å². The van der Waals surface area contributed by atoms with Gasteiger partial charge in [0.05, 0.1) is 0 Å². The predicted octanol–water partition coefficient (Wildman–Crippen LogP) is 4.14. The Morgan fingerprint density at radius 3 is 2.61 bits per heavy atom. The Hall–Kier alpha value is -1.90. The Bertz CT molecular complexity index is 734. The van der Waals surface area contributed by atoms with Crippen LogP contribution in [0.25, 0.3) is 6.08 Å². The van der Waals surface area contributed by atoms with Crippen LogP contribution >= 0.6 is 8.03 Å². The van der Waals surface area contributed by atoms with Gasteiger partial charge < -0.3 is 10.00 Å². The van der Waals surface area contributed by atoms with Gasteiger partial charge in [0.15, 0.2) is 0 Å². The van der Waals surface area contributed by atoms with Crippen LogP contribution in [0.4, 0.5) is 0 Å². The van der Waals surface area contributed by atoms with E-state index in [1.54, 1.807) is 36.7 Å². The molecule has 0 saturated heterocycles. The fraction of sp³-hybridized carbons (Fsp3) is 0.278. The predicted molar refractivity (Wildman–Crippen MR) is 93.9 cm³/mol. The van der Waals surface area contributed by atoms with E-state index in [4.69, 9.17) is 0 Å². The van der Waals surface area contributed by atoms with Gasteiger partial charge in [-0.1, -0.05) is 39.0 Å². The molecule has 0 radical (unpaired) electrons. The summed E-state index contributed by atoms with van der Waals surface area (Å²) in [6.45, 7) is 6.06. The van der Waals surface area contributed by atoms with Crippen LogP contribution in [-0.2, 0) is 16.4 Å². The number of phenolic OH excluding ortho intramolecular Hbond substituents is 1. The molecule has 0 spiro atoms. The fourth-order valence-corrected chi connectivity index (χ4v) is 3.01. The molecule has 1 atom stereocenters. The molecule has 4 nitrogen and oxygen atoms in total. The van der Waals surface area contributed by atoms with E-state index in [2.05, 4.69) is 4.98 Å². The van der Waals surface area contributed by atoms with Crippen molar-refractivity contribution in [2.75, 3.05) is 0 Å². The van der Waals surface area contributed by atoms with Crippen molar-refractivity contribution in [3.05, 3.63) is 64.7 Å². The lowest BCUT2D eigenvalue weighted by atomic mass is 9.85. The Kier molecular flexibility index (Phi) is 5.40. The van der Waals surface area contributed by atoms with Crippen molar-refractivity contribution in [2.45, 2.75) is 32.6 Å². The Morgan fingerprint density at radius 1 is 1.30 bits per heavy atom. The topological polar surface area (TPSA) is 70.4 Å². The average molecular weight is 331 g/mol. The second-order valence-corrected chi connectivity index (χ2v) is 7.79. The molecule has 0 saturated carbocycles. The molecular formula is C18H22NO3P. The summed E-state index contributed by atoms with van der Waals surface area (Å²) in [6, 6.07) is 8.96. The maximum Gasteiger partial charge on any atom is 0.214 e. The van der Waals surface area contributed by atoms with Crippen molar-refractivity contribution in [3.63, 3.8) is 0 Å². The van der Waals surface area contributed by atoms with Gasteiger partial charge in [0.2, 0.25) is 8.03 Å². The van der Waals surface area contributed by atoms with Crippen molar-refractivity contribution in [2.24, 2.45) is 0 Å². The van der Waals surface area contributed by atoms with E-state index in [0.29, 0.717) is 11.7 Å². The highest BCUT2D eigenvalue weighted by molar-refractivity contribution is 7.43. The molecular weight excluding hydrogens is 309 g/mol. The molecule has 0 fully saturated rings. The Balaban J connectivity index is 2.35. The normalized spacial score (nSPS) is 13.8. The number of nitrogens with zero attached hydrogens (tertiary/aromatic N) is 1. The first-order valence-corrected chi connectivity index (χ1v) is 8.79. The molecule has 5 heteroatoms. The van der Waals surface area contributed by atoms with Crippen molar-refractivity contribution in [1.29, 1.82) is 0 Å². The molecule has 23 heavy (non-hydrogen) atoms. The largest absolute Gasteiger partial charge is 0.508 e. The standard InChI is InChI=1S/C18H22NO3P/c1-18(2,3)16-11-13(6-7-17(16)20)9-15(23(21)22)10-14-5-4-8-19-12-14/h4-8,10-12,20,23H,9H2,1-3H3,(H,21,22). The van der Waals surface area contributed by atoms with E-state index in [0.717, 1.165) is 16.7 Å². The van der Waals surface area contributed by atoms with E-state index in [9.17, 15) is 14.6 Å². The van der Waals surface area contributed by atoms with E-state index >= 15 is 0 Å². The summed E-state index contributed by atoms with van der Waals surface area (Å²) < 4.78 is 11.7. The number of aromatic nitrogens is 1. The lowest BCUT2D eigenvalue weighted by Crippen LogP contribution is -2.11. The molecule has 0 amide bonds. The lowest BCUT2D eigenvalue weighted by molar-refractivity contribution is 0.446. The van der Waals surface area contributed by atoms with Crippen molar-refractivity contribution in [1.82, 2.24) is 4.98 Å². The van der Waals surface area contributed by atoms with Crippen LogP contribution in [0, 0.1) is 0 Å². The molecule has 2 aromatic rings. The van der Waals surface area contributed by atoms with Crippen molar-refractivity contribution in [3.8, 4) is 5.75 Å². The summed E-state index contributed by atoms with van der Waals surface area (Å²) in [4.78, 5) is 13.6. The van der Waals surface area contributed by atoms with Crippen molar-refractivity contribution >= 4 is 14.1 Å². The van der Waals surface area contributed by atoms with Gasteiger partial charge >= 0.3 is 0 Å². The van der Waals surface area contributed by atoms with Gasteiger partial charge in [0, 0.05) is 24.1 Å². The number of allylic oxidation sites excluding steroid dienone is 1. The molecule has 0 aliphatic carbocycles. The van der Waals surface area contributed by atoms with Crippen LogP contribution in [0.1, 0.15) is 37.5 Å². The van der Waals surface area contributed by atoms with E-state index in [1.807, 2.05) is 32.9 Å². The molecule has 0 bridgehead atoms. The molecule has 0 aliphatic heterocycles. The minimum atomic E-state index is -2.81. The quantitative estimate of drug-likeness (QED) is 0.826. The average Bonchev–Trinajstić information content (AvgIpc) is 2.48. The highest BCUT2D eigenvalue weighted by Crippen LogP contribution is 2.35. The molecule has 1 heterocycles. The highest BCUT2D eigenvalue weighted by Gasteiger charge is 2.19. The third-order valence-corrected chi connectivity index (χ3v) is 4.43. The zero-order valence-corrected chi connectivity index (χ0v) is 14.6. The minimum Gasteiger partial charge on any atom is -0.508 e. The SMILES string of the molecule is CC(C)(C)c1cc(CC(=Cc2cccnc2)[PH](=O)O)ccc1O. The van der Waals surface area contributed by atoms with Crippen LogP contribution in [-0.4, -0.2) is 15.0 Å². The number of phenols is 1. The second-order valence-electron chi connectivity index (χ2n) is 6.54. The molecule has 1 aromatic heterocycles. The number of pyridine rings is 1. The van der Waals surface area contributed by atoms with Gasteiger partial charge in [0.25, 0.3) is 0 Å². The number of hydrogen-bond acceptors (Lipinski definition) is 3. The maximum absolute atomic E-state index is 11.7. The van der Waals surface area contributed by atoms with E-state index < -0.39 is 8.03 Å². The first-order chi connectivity index (χ1) is 10.8. The smallest absolute Gasteiger partial charge is 0.214 e. The summed E-state index contributed by atoms with van der Waals surface area (Å²) in [5.74, 6) is 0.246. The minimum absolute atomic E-state index is 0.197. The first kappa shape index (κ1) is 17.5. The van der Waals surface area contributed by atoms with E-state index in [-0.39, 0.29) is 11.2 Å². The summed E-state index contributed by atoms with van der Waals surface area (Å²) in [6.07, 6.45) is 5.39. The van der Waals surface area contributed by atoms with Crippen LogP contribution < -0.4 is 0 Å². The third-order valence-electron chi connectivity index (χ3n) is 3.56. The van der Waals surface area contributed by atoms with Gasteiger partial charge in [-0.15, -0.1) is 0 Å². The number of hydrogen-bond donors (Lipinski definition) is 2. The first-order valence-electron chi connectivity index (χ1n) is 7.43. The molecule has 122 valence electrons. The molecule has 2 N–H and O–H groups in total. The third kappa shape index (κ3) is 4.78. The summed E-state index contributed by atoms with van der Waals surface area (Å²) >= 11 is 0. The number of benzene rings is 1. The van der Waals surface area contributed by atoms with Gasteiger partial charge in [-0.3, -0.25) is 9.55 Å². The summed E-state index contributed by atoms with van der Waals surface area (Å²) in [5, 5.41) is 10.5. The Labute approximate surface area is 137 Å². The Morgan fingerprint density at radius 2 is 2.04 bits per heavy atom. The molecule has 1 unspecified atom stereocenters. The van der Waals surface area contributed by atoms with Gasteiger partial charge in [-0.2, -0.15) is 0 Å². The highest BCUT2D eigenvalue weighted by atomic mass is 31.1. The molecule has 2 rings (SSSR count). The van der Waals surface area contributed by atoms with Crippen LogP contribution in [0.15, 0.2) is 48.0 Å². The molecule has 1 aromatic carbocycles. The van der Waals surface area contributed by atoms with Gasteiger partial charge in [-0.25, -0.2) is 0 Å². The molecule has 0 aliphatic rings. The summed E-state index contributed by atoms with van der Waals surface area (Å²) in [5.41, 5.74) is 2.32. The zero-order valence-electron chi connectivity index (χ0n) is 13.6. The monoisotopic (exact) mass is 331 g/mol. The maximum atomic E-state index is 11.7. The number of rotatable bonds is 4. The number of aromatic hydroxyl groups is 1. The van der Waals surface area contributed by atoms with Gasteiger partial charge in [0.1, 0.15) is 5.75 Å². The van der Waals surface area contributed by atoms with Crippen LogP contribution in [0.3, 0.4) is 0 Å². The second kappa shape index (κ2) is 7.12. The lowest BCUT2D eigenvalue weighted by Gasteiger charge is -2.21. The fourth-order valence-electron chi connectivity index (χ4n) is 2.36. The zero-order chi connectivity index (χ0) is 17.0. The van der Waals surface area contributed by atoms with Crippen LogP contribution in [0.5, 0.6) is 5.75 Å². The van der Waals surface area contributed by atoms with Crippen LogP contribution in [0.2, 0.25) is 0 Å².